The van der Waals surface area contributed by atoms with E-state index in [4.69, 9.17) is 39.5 Å². The lowest BCUT2D eigenvalue weighted by Gasteiger charge is -2.15. The summed E-state index contributed by atoms with van der Waals surface area (Å²) in [5, 5.41) is 14.5. The summed E-state index contributed by atoms with van der Waals surface area (Å²) in [5.74, 6) is -1.59. The fourth-order valence-corrected chi connectivity index (χ4v) is 2.66. The van der Waals surface area contributed by atoms with E-state index in [1.54, 1.807) is 0 Å². The number of hydrogen-bond acceptors (Lipinski definition) is 4. The summed E-state index contributed by atoms with van der Waals surface area (Å²) < 4.78 is 5.32. The Bertz CT molecular complexity index is 775. The molecule has 2 aromatic rings. The second-order valence-electron chi connectivity index (χ2n) is 4.69. The molecular weight excluding hydrogens is 379 g/mol. The van der Waals surface area contributed by atoms with Crippen molar-refractivity contribution in [2.75, 3.05) is 5.32 Å². The number of hydrogen-bond donors (Lipinski definition) is 1. The smallest absolute Gasteiger partial charge is 0.405 e. The van der Waals surface area contributed by atoms with Crippen molar-refractivity contribution in [1.29, 1.82) is 0 Å². The first-order valence-corrected chi connectivity index (χ1v) is 7.77. The van der Waals surface area contributed by atoms with E-state index in [-0.39, 0.29) is 21.4 Å². The summed E-state index contributed by atoms with van der Waals surface area (Å²) in [5.41, 5.74) is -0.0889. The highest BCUT2D eigenvalue weighted by molar-refractivity contribution is 6.42. The van der Waals surface area contributed by atoms with Crippen molar-refractivity contribution in [2.24, 2.45) is 0 Å². The molecule has 1 atom stereocenters. The van der Waals surface area contributed by atoms with Gasteiger partial charge in [0.05, 0.1) is 15.7 Å². The third kappa shape index (κ3) is 4.29. The summed E-state index contributed by atoms with van der Waals surface area (Å²) >= 11 is 17.7. The van der Waals surface area contributed by atoms with E-state index in [2.05, 4.69) is 5.32 Å². The lowest BCUT2D eigenvalue weighted by Crippen LogP contribution is -2.37. The zero-order chi connectivity index (χ0) is 17.9. The number of carbonyl (C=O) groups excluding carboxylic acids is 2. The van der Waals surface area contributed by atoms with E-state index in [0.717, 1.165) is 6.20 Å². The number of benzene rings is 1. The summed E-state index contributed by atoms with van der Waals surface area (Å²) in [4.78, 5) is 24.0. The number of carbonyl (C=O) groups is 2. The van der Waals surface area contributed by atoms with Gasteiger partial charge in [-0.25, -0.2) is 4.79 Å². The summed E-state index contributed by atoms with van der Waals surface area (Å²) in [7, 11) is 0. The van der Waals surface area contributed by atoms with Crippen molar-refractivity contribution in [3.63, 3.8) is 0 Å². The first-order chi connectivity index (χ1) is 11.3. The van der Waals surface area contributed by atoms with Gasteiger partial charge in [-0.3, -0.25) is 4.79 Å². The molecule has 9 heteroatoms. The minimum absolute atomic E-state index is 0.139. The fourth-order valence-electron chi connectivity index (χ4n) is 1.75. The van der Waals surface area contributed by atoms with Gasteiger partial charge in [0.15, 0.2) is 12.3 Å². The summed E-state index contributed by atoms with van der Waals surface area (Å²) in [6.07, 6.45) is -0.0327. The quantitative estimate of drug-likeness (QED) is 0.493. The number of esters is 1. The Morgan fingerprint density at radius 3 is 2.42 bits per heavy atom. The van der Waals surface area contributed by atoms with Crippen LogP contribution in [0.2, 0.25) is 15.1 Å². The predicted molar refractivity (Wildman–Crippen MR) is 90.4 cm³/mol. The Labute approximate surface area is 152 Å². The first kappa shape index (κ1) is 18.3. The Morgan fingerprint density at radius 2 is 1.83 bits per heavy atom. The van der Waals surface area contributed by atoms with Gasteiger partial charge in [0.1, 0.15) is 0 Å². The molecule has 0 unspecified atom stereocenters. The monoisotopic (exact) mass is 388 g/mol. The Morgan fingerprint density at radius 1 is 1.21 bits per heavy atom. The Kier molecular flexibility index (Phi) is 5.88. The average molecular weight is 390 g/mol. The molecule has 0 fully saturated rings. The fraction of sp³-hybridized carbons (Fsp3) is 0.133. The van der Waals surface area contributed by atoms with E-state index in [1.165, 1.54) is 37.3 Å². The van der Waals surface area contributed by atoms with Crippen molar-refractivity contribution in [1.82, 2.24) is 0 Å². The average Bonchev–Trinajstić information content (AvgIpc) is 2.50. The molecule has 0 saturated heterocycles. The Balaban J connectivity index is 2.08. The largest absolute Gasteiger partial charge is 0.618 e. The van der Waals surface area contributed by atoms with Crippen LogP contribution in [0.3, 0.4) is 0 Å². The molecule has 1 heterocycles. The normalized spacial score (nSPS) is 11.7. The van der Waals surface area contributed by atoms with Crippen LogP contribution in [0.1, 0.15) is 17.4 Å². The van der Waals surface area contributed by atoms with Crippen LogP contribution in [0.25, 0.3) is 0 Å². The molecule has 0 bridgehead atoms. The zero-order valence-corrected chi connectivity index (χ0v) is 14.5. The van der Waals surface area contributed by atoms with E-state index in [0.29, 0.717) is 9.75 Å². The molecule has 1 aromatic heterocycles. The van der Waals surface area contributed by atoms with Gasteiger partial charge >= 0.3 is 11.7 Å². The predicted octanol–water partition coefficient (Wildman–Crippen LogP) is 3.46. The van der Waals surface area contributed by atoms with Crippen LogP contribution in [0.4, 0.5) is 5.69 Å². The molecule has 0 radical (unpaired) electrons. The Hall–Kier alpha value is -2.02. The van der Waals surface area contributed by atoms with Crippen molar-refractivity contribution in [3.05, 3.63) is 62.5 Å². The van der Waals surface area contributed by atoms with Crippen LogP contribution in [-0.4, -0.2) is 18.0 Å². The third-order valence-corrected chi connectivity index (χ3v) is 3.76. The molecule has 1 N–H and O–H groups in total. The van der Waals surface area contributed by atoms with Gasteiger partial charge in [-0.05, 0) is 25.1 Å². The number of ether oxygens (including phenoxy) is 1. The number of anilines is 1. The number of amides is 1. The van der Waals surface area contributed by atoms with Gasteiger partial charge in [-0.15, -0.1) is 0 Å². The van der Waals surface area contributed by atoms with Crippen LogP contribution >= 0.6 is 34.8 Å². The highest BCUT2D eigenvalue weighted by Crippen LogP contribution is 2.33. The molecule has 0 saturated carbocycles. The molecule has 2 rings (SSSR count). The molecule has 126 valence electrons. The molecule has 0 spiro atoms. The maximum atomic E-state index is 12.1. The maximum absolute atomic E-state index is 12.1. The number of nitrogens with one attached hydrogen (secondary N) is 1. The zero-order valence-electron chi connectivity index (χ0n) is 12.3. The van der Waals surface area contributed by atoms with Crippen LogP contribution in [0.15, 0.2) is 36.5 Å². The lowest BCUT2D eigenvalue weighted by molar-refractivity contribution is -0.608. The second-order valence-corrected chi connectivity index (χ2v) is 5.94. The molecule has 0 aliphatic heterocycles. The topological polar surface area (TPSA) is 82.3 Å². The van der Waals surface area contributed by atoms with Gasteiger partial charge in [0.2, 0.25) is 0 Å². The molecular formula is C15H11Cl3N2O4. The molecule has 0 aliphatic rings. The minimum Gasteiger partial charge on any atom is -0.618 e. The van der Waals surface area contributed by atoms with Crippen LogP contribution in [-0.2, 0) is 9.53 Å². The highest BCUT2D eigenvalue weighted by Gasteiger charge is 2.24. The SMILES string of the molecule is C[C@@H](OC(=O)c1cccc[n+]1[O-])C(=O)Nc1c(Cl)cc(Cl)cc1Cl. The molecule has 0 aliphatic carbocycles. The van der Waals surface area contributed by atoms with E-state index >= 15 is 0 Å². The number of rotatable bonds is 4. The van der Waals surface area contributed by atoms with Crippen LogP contribution in [0.5, 0.6) is 0 Å². The molecule has 1 aromatic carbocycles. The van der Waals surface area contributed by atoms with Gasteiger partial charge in [-0.2, -0.15) is 4.73 Å². The minimum atomic E-state index is -1.18. The van der Waals surface area contributed by atoms with E-state index in [1.807, 2.05) is 0 Å². The van der Waals surface area contributed by atoms with Crippen molar-refractivity contribution in [2.45, 2.75) is 13.0 Å². The molecule has 24 heavy (non-hydrogen) atoms. The van der Waals surface area contributed by atoms with Gasteiger partial charge in [0.25, 0.3) is 5.91 Å². The molecule has 6 nitrogen and oxygen atoms in total. The van der Waals surface area contributed by atoms with Crippen LogP contribution in [0, 0.1) is 5.21 Å². The molecule has 1 amide bonds. The number of aromatic nitrogens is 1. The lowest BCUT2D eigenvalue weighted by atomic mass is 10.3. The summed E-state index contributed by atoms with van der Waals surface area (Å²) in [6, 6.07) is 7.07. The van der Waals surface area contributed by atoms with Gasteiger partial charge < -0.3 is 15.3 Å². The summed E-state index contributed by atoms with van der Waals surface area (Å²) in [6.45, 7) is 1.35. The number of nitrogens with zero attached hydrogens (tertiary/aromatic N) is 1. The van der Waals surface area contributed by atoms with Gasteiger partial charge in [-0.1, -0.05) is 34.8 Å². The highest BCUT2D eigenvalue weighted by atomic mass is 35.5. The van der Waals surface area contributed by atoms with Crippen molar-refractivity contribution in [3.8, 4) is 0 Å². The number of pyridine rings is 1. The second kappa shape index (κ2) is 7.70. The first-order valence-electron chi connectivity index (χ1n) is 6.64. The van der Waals surface area contributed by atoms with Crippen LogP contribution < -0.4 is 10.0 Å². The standard InChI is InChI=1S/C15H11Cl3N2O4/c1-8(24-15(22)12-4-2-3-5-20(12)23)14(21)19-13-10(17)6-9(16)7-11(13)18/h2-8H,1H3,(H,19,21)/t8-/m1/s1. The maximum Gasteiger partial charge on any atom is 0.405 e. The van der Waals surface area contributed by atoms with E-state index in [9.17, 15) is 14.8 Å². The number of halogens is 3. The third-order valence-electron chi connectivity index (χ3n) is 2.94. The van der Waals surface area contributed by atoms with Crippen molar-refractivity contribution >= 4 is 52.4 Å². The van der Waals surface area contributed by atoms with Gasteiger partial charge in [0, 0.05) is 17.2 Å². The van der Waals surface area contributed by atoms with E-state index < -0.39 is 18.0 Å². The van der Waals surface area contributed by atoms with Crippen molar-refractivity contribution < 1.29 is 19.1 Å².